The van der Waals surface area contributed by atoms with Gasteiger partial charge in [-0.05, 0) is 56.5 Å². The quantitative estimate of drug-likeness (QED) is 0.717. The largest absolute Gasteiger partial charge is 0.384 e. The van der Waals surface area contributed by atoms with Gasteiger partial charge in [0.15, 0.2) is 0 Å². The van der Waals surface area contributed by atoms with Gasteiger partial charge in [-0.2, -0.15) is 5.10 Å². The molecular formula is C25H30N4O. The van der Waals surface area contributed by atoms with E-state index in [2.05, 4.69) is 52.2 Å². The van der Waals surface area contributed by atoms with Crippen LogP contribution < -0.4 is 0 Å². The van der Waals surface area contributed by atoms with Gasteiger partial charge in [-0.3, -0.25) is 9.88 Å². The third-order valence-electron chi connectivity index (χ3n) is 7.00. The van der Waals surface area contributed by atoms with Gasteiger partial charge in [-0.15, -0.1) is 0 Å². The van der Waals surface area contributed by atoms with Crippen molar-refractivity contribution in [3.8, 4) is 5.69 Å². The molecule has 0 amide bonds. The van der Waals surface area contributed by atoms with Gasteiger partial charge in [0.05, 0.1) is 17.0 Å². The summed E-state index contributed by atoms with van der Waals surface area (Å²) in [5.41, 5.74) is 4.85. The molecule has 1 aliphatic heterocycles. The third kappa shape index (κ3) is 3.36. The maximum Gasteiger partial charge on any atom is 0.0991 e. The maximum atomic E-state index is 11.8. The lowest BCUT2D eigenvalue weighted by molar-refractivity contribution is -0.148. The van der Waals surface area contributed by atoms with Crippen LogP contribution in [0.1, 0.15) is 41.8 Å². The second-order valence-electron chi connectivity index (χ2n) is 9.09. The molecule has 1 aromatic carbocycles. The Morgan fingerprint density at radius 3 is 2.53 bits per heavy atom. The fraction of sp³-hybridized carbons (Fsp3) is 0.440. The third-order valence-corrected chi connectivity index (χ3v) is 7.00. The second-order valence-corrected chi connectivity index (χ2v) is 9.09. The van der Waals surface area contributed by atoms with Crippen LogP contribution in [0.15, 0.2) is 54.9 Å². The lowest BCUT2D eigenvalue weighted by Gasteiger charge is -2.53. The van der Waals surface area contributed by atoms with E-state index in [1.165, 1.54) is 12.0 Å². The first kappa shape index (κ1) is 19.5. The highest BCUT2D eigenvalue weighted by molar-refractivity contribution is 5.37. The first-order valence-corrected chi connectivity index (χ1v) is 11.0. The molecule has 1 saturated carbocycles. The predicted octanol–water partition coefficient (Wildman–Crippen LogP) is 4.00. The Kier molecular flexibility index (Phi) is 4.95. The number of aromatic nitrogens is 3. The summed E-state index contributed by atoms with van der Waals surface area (Å²) < 4.78 is 2.02. The number of fused-ring (bicyclic) bond motifs is 2. The van der Waals surface area contributed by atoms with Crippen LogP contribution in [-0.4, -0.2) is 37.9 Å². The first-order chi connectivity index (χ1) is 14.5. The standard InChI is InChI=1S/C25H30N4O/c1-18-12-19(2)29(27-18)24-10-3-6-20(13-24)15-28-16-22-7-4-8-23(17-28)25(22,30)21-9-5-11-26-14-21/h3,5-6,9-14,22-23,30H,4,7-8,15-17H2,1-2H3/t22-,23-/m0/s1. The molecule has 2 aliphatic rings. The van der Waals surface area contributed by atoms with Crippen LogP contribution in [0.2, 0.25) is 0 Å². The molecule has 2 atom stereocenters. The van der Waals surface area contributed by atoms with Gasteiger partial charge in [-0.1, -0.05) is 24.6 Å². The van der Waals surface area contributed by atoms with E-state index < -0.39 is 5.60 Å². The minimum atomic E-state index is -0.742. The van der Waals surface area contributed by atoms with Crippen LogP contribution >= 0.6 is 0 Å². The van der Waals surface area contributed by atoms with Crippen molar-refractivity contribution in [1.29, 1.82) is 0 Å². The highest BCUT2D eigenvalue weighted by Crippen LogP contribution is 2.49. The zero-order valence-electron chi connectivity index (χ0n) is 17.8. The average molecular weight is 403 g/mol. The number of benzene rings is 1. The van der Waals surface area contributed by atoms with Crippen LogP contribution in [0.4, 0.5) is 0 Å². The van der Waals surface area contributed by atoms with Gasteiger partial charge in [0, 0.05) is 55.1 Å². The van der Waals surface area contributed by atoms with Crippen molar-refractivity contribution in [3.05, 3.63) is 77.4 Å². The lowest BCUT2D eigenvalue weighted by Crippen LogP contribution is -2.57. The molecule has 5 heteroatoms. The summed E-state index contributed by atoms with van der Waals surface area (Å²) in [5, 5.41) is 16.4. The van der Waals surface area contributed by atoms with E-state index in [0.29, 0.717) is 0 Å². The molecule has 1 saturated heterocycles. The average Bonchev–Trinajstić information content (AvgIpc) is 3.08. The molecule has 5 nitrogen and oxygen atoms in total. The summed E-state index contributed by atoms with van der Waals surface area (Å²) in [5.74, 6) is 0.516. The van der Waals surface area contributed by atoms with Gasteiger partial charge in [0.2, 0.25) is 0 Å². The SMILES string of the molecule is Cc1cc(C)n(-c2cccc(CN3C[C@@H]4CCC[C@@H](C3)C4(O)c3cccnc3)c2)n1. The monoisotopic (exact) mass is 402 g/mol. The molecule has 30 heavy (non-hydrogen) atoms. The van der Waals surface area contributed by atoms with Crippen LogP contribution in [0, 0.1) is 25.7 Å². The molecule has 2 aromatic heterocycles. The summed E-state index contributed by atoms with van der Waals surface area (Å²) in [6, 6.07) is 14.8. The molecule has 1 aliphatic carbocycles. The number of nitrogens with zero attached hydrogens (tertiary/aromatic N) is 4. The van der Waals surface area contributed by atoms with E-state index in [1.54, 1.807) is 6.20 Å². The molecule has 1 N–H and O–H groups in total. The van der Waals surface area contributed by atoms with Gasteiger partial charge >= 0.3 is 0 Å². The summed E-state index contributed by atoms with van der Waals surface area (Å²) in [6.45, 7) is 6.88. The molecule has 3 aromatic rings. The Labute approximate surface area is 178 Å². The summed E-state index contributed by atoms with van der Waals surface area (Å²) in [4.78, 5) is 6.81. The Morgan fingerprint density at radius 2 is 1.87 bits per heavy atom. The van der Waals surface area contributed by atoms with Crippen molar-refractivity contribution in [1.82, 2.24) is 19.7 Å². The summed E-state index contributed by atoms with van der Waals surface area (Å²) in [7, 11) is 0. The predicted molar refractivity (Wildman–Crippen MR) is 117 cm³/mol. The maximum absolute atomic E-state index is 11.8. The van der Waals surface area contributed by atoms with Crippen molar-refractivity contribution >= 4 is 0 Å². The molecule has 3 heterocycles. The number of likely N-dealkylation sites (tertiary alicyclic amines) is 1. The highest BCUT2D eigenvalue weighted by Gasteiger charge is 2.51. The zero-order valence-corrected chi connectivity index (χ0v) is 17.8. The molecular weight excluding hydrogens is 372 g/mol. The van der Waals surface area contributed by atoms with E-state index >= 15 is 0 Å². The molecule has 0 spiro atoms. The Bertz CT molecular complexity index is 1010. The summed E-state index contributed by atoms with van der Waals surface area (Å²) >= 11 is 0. The van der Waals surface area contributed by atoms with E-state index in [0.717, 1.165) is 55.1 Å². The Morgan fingerprint density at radius 1 is 1.07 bits per heavy atom. The van der Waals surface area contributed by atoms with Crippen LogP contribution in [0.25, 0.3) is 5.69 Å². The van der Waals surface area contributed by atoms with E-state index in [-0.39, 0.29) is 11.8 Å². The number of hydrogen-bond donors (Lipinski definition) is 1. The number of rotatable bonds is 4. The van der Waals surface area contributed by atoms with Gasteiger partial charge < -0.3 is 5.11 Å². The first-order valence-electron chi connectivity index (χ1n) is 11.0. The minimum Gasteiger partial charge on any atom is -0.384 e. The number of aliphatic hydroxyl groups is 1. The topological polar surface area (TPSA) is 54.2 Å². The minimum absolute atomic E-state index is 0.258. The van der Waals surface area contributed by atoms with Crippen molar-refractivity contribution in [2.45, 2.75) is 45.3 Å². The van der Waals surface area contributed by atoms with Crippen molar-refractivity contribution in [3.63, 3.8) is 0 Å². The number of aryl methyl sites for hydroxylation is 2. The molecule has 2 fully saturated rings. The smallest absolute Gasteiger partial charge is 0.0991 e. The zero-order chi connectivity index (χ0) is 20.7. The Balaban J connectivity index is 1.37. The van der Waals surface area contributed by atoms with Crippen molar-refractivity contribution in [2.75, 3.05) is 13.1 Å². The van der Waals surface area contributed by atoms with Crippen molar-refractivity contribution in [2.24, 2.45) is 11.8 Å². The normalized spacial score (nSPS) is 26.6. The molecule has 0 radical (unpaired) electrons. The highest BCUT2D eigenvalue weighted by atomic mass is 16.3. The van der Waals surface area contributed by atoms with Gasteiger partial charge in [0.25, 0.3) is 0 Å². The van der Waals surface area contributed by atoms with Crippen molar-refractivity contribution < 1.29 is 5.11 Å². The second kappa shape index (κ2) is 7.64. The number of hydrogen-bond acceptors (Lipinski definition) is 4. The lowest BCUT2D eigenvalue weighted by atomic mass is 9.63. The van der Waals surface area contributed by atoms with E-state index in [4.69, 9.17) is 0 Å². The summed E-state index contributed by atoms with van der Waals surface area (Å²) in [6.07, 6.45) is 7.00. The molecule has 5 rings (SSSR count). The number of pyridine rings is 1. The van der Waals surface area contributed by atoms with E-state index in [9.17, 15) is 5.11 Å². The molecule has 2 bridgehead atoms. The molecule has 0 unspecified atom stereocenters. The Hall–Kier alpha value is -2.50. The van der Waals surface area contributed by atoms with Crippen LogP contribution in [0.3, 0.4) is 0 Å². The number of piperidine rings is 1. The molecule has 156 valence electrons. The van der Waals surface area contributed by atoms with E-state index in [1.807, 2.05) is 29.9 Å². The van der Waals surface area contributed by atoms with Crippen LogP contribution in [0.5, 0.6) is 0 Å². The van der Waals surface area contributed by atoms with Crippen LogP contribution in [-0.2, 0) is 12.1 Å². The fourth-order valence-electron chi connectivity index (χ4n) is 5.68. The fourth-order valence-corrected chi connectivity index (χ4v) is 5.68. The van der Waals surface area contributed by atoms with Gasteiger partial charge in [0.1, 0.15) is 0 Å². The van der Waals surface area contributed by atoms with Gasteiger partial charge in [-0.25, -0.2) is 4.68 Å².